The largest absolute Gasteiger partial charge is 0.491 e. The van der Waals surface area contributed by atoms with Crippen LogP contribution < -0.4 is 4.74 Å². The third-order valence-electron chi connectivity index (χ3n) is 7.87. The number of aliphatic hydroxyl groups excluding tert-OH is 1. The van der Waals surface area contributed by atoms with Crippen LogP contribution in [0.3, 0.4) is 0 Å². The molecule has 3 aliphatic rings. The SMILES string of the molecule is CC(=O)N1CCC(Cc2ccc3c(c2)C(=O)N(C[C@@H](O)CN2CCc4ccccc4C2)CCO3)CC1. The van der Waals surface area contributed by atoms with Crippen molar-refractivity contribution in [3.05, 3.63) is 64.7 Å². The Kier molecular flexibility index (Phi) is 7.58. The third-order valence-corrected chi connectivity index (χ3v) is 7.87. The first-order chi connectivity index (χ1) is 17.5. The highest BCUT2D eigenvalue weighted by Crippen LogP contribution is 2.28. The zero-order valence-electron chi connectivity index (χ0n) is 21.2. The monoisotopic (exact) mass is 491 g/mol. The van der Waals surface area contributed by atoms with Gasteiger partial charge in [0.05, 0.1) is 18.2 Å². The van der Waals surface area contributed by atoms with Crippen molar-refractivity contribution in [1.82, 2.24) is 14.7 Å². The van der Waals surface area contributed by atoms with E-state index < -0.39 is 6.10 Å². The van der Waals surface area contributed by atoms with Gasteiger partial charge in [-0.15, -0.1) is 0 Å². The predicted octanol–water partition coefficient (Wildman–Crippen LogP) is 2.74. The van der Waals surface area contributed by atoms with Crippen molar-refractivity contribution in [1.29, 1.82) is 0 Å². The van der Waals surface area contributed by atoms with Gasteiger partial charge in [0.25, 0.3) is 5.91 Å². The summed E-state index contributed by atoms with van der Waals surface area (Å²) in [5.74, 6) is 1.21. The summed E-state index contributed by atoms with van der Waals surface area (Å²) >= 11 is 0. The molecule has 2 aromatic rings. The number of benzene rings is 2. The molecule has 1 N–H and O–H groups in total. The van der Waals surface area contributed by atoms with Crippen LogP contribution in [-0.4, -0.2) is 83.6 Å². The van der Waals surface area contributed by atoms with Crippen molar-refractivity contribution < 1.29 is 19.4 Å². The van der Waals surface area contributed by atoms with E-state index in [4.69, 9.17) is 4.74 Å². The molecule has 0 unspecified atom stereocenters. The van der Waals surface area contributed by atoms with E-state index in [1.807, 2.05) is 17.0 Å². The zero-order valence-corrected chi connectivity index (χ0v) is 21.2. The number of ether oxygens (including phenoxy) is 1. The Morgan fingerprint density at radius 3 is 2.61 bits per heavy atom. The van der Waals surface area contributed by atoms with Gasteiger partial charge in [0, 0.05) is 46.2 Å². The first-order valence-electron chi connectivity index (χ1n) is 13.2. The lowest BCUT2D eigenvalue weighted by Gasteiger charge is -2.32. The van der Waals surface area contributed by atoms with Crippen LogP contribution in [0.4, 0.5) is 0 Å². The van der Waals surface area contributed by atoms with Gasteiger partial charge in [0.2, 0.25) is 5.91 Å². The molecule has 3 heterocycles. The van der Waals surface area contributed by atoms with E-state index in [1.54, 1.807) is 11.8 Å². The minimum Gasteiger partial charge on any atom is -0.491 e. The molecule has 0 aromatic heterocycles. The van der Waals surface area contributed by atoms with E-state index in [2.05, 4.69) is 35.2 Å². The molecule has 5 rings (SSSR count). The molecular formula is C29H37N3O4. The number of piperidine rings is 1. The average Bonchev–Trinajstić information content (AvgIpc) is 3.03. The highest BCUT2D eigenvalue weighted by molar-refractivity contribution is 5.97. The number of likely N-dealkylation sites (tertiary alicyclic amines) is 1. The Morgan fingerprint density at radius 2 is 1.83 bits per heavy atom. The van der Waals surface area contributed by atoms with Crippen molar-refractivity contribution in [3.63, 3.8) is 0 Å². The number of aliphatic hydroxyl groups is 1. The Hall–Kier alpha value is -2.90. The van der Waals surface area contributed by atoms with Crippen LogP contribution in [0, 0.1) is 5.92 Å². The number of hydrogen-bond donors (Lipinski definition) is 1. The summed E-state index contributed by atoms with van der Waals surface area (Å²) in [6.45, 7) is 6.73. The molecule has 1 atom stereocenters. The lowest BCUT2D eigenvalue weighted by Crippen LogP contribution is -2.44. The molecule has 0 bridgehead atoms. The quantitative estimate of drug-likeness (QED) is 0.673. The number of amides is 2. The van der Waals surface area contributed by atoms with Crippen LogP contribution in [0.1, 0.15) is 46.8 Å². The van der Waals surface area contributed by atoms with Gasteiger partial charge >= 0.3 is 0 Å². The molecule has 7 nitrogen and oxygen atoms in total. The molecule has 36 heavy (non-hydrogen) atoms. The highest BCUT2D eigenvalue weighted by atomic mass is 16.5. The smallest absolute Gasteiger partial charge is 0.257 e. The summed E-state index contributed by atoms with van der Waals surface area (Å²) in [6, 6.07) is 14.4. The maximum Gasteiger partial charge on any atom is 0.257 e. The molecule has 1 saturated heterocycles. The van der Waals surface area contributed by atoms with Crippen LogP contribution in [0.15, 0.2) is 42.5 Å². The topological polar surface area (TPSA) is 73.3 Å². The second-order valence-electron chi connectivity index (χ2n) is 10.5. The van der Waals surface area contributed by atoms with Gasteiger partial charge in [0.1, 0.15) is 12.4 Å². The molecule has 0 saturated carbocycles. The lowest BCUT2D eigenvalue weighted by molar-refractivity contribution is -0.130. The van der Waals surface area contributed by atoms with Gasteiger partial charge in [-0.05, 0) is 60.4 Å². The molecule has 2 amide bonds. The Morgan fingerprint density at radius 1 is 1.06 bits per heavy atom. The van der Waals surface area contributed by atoms with Crippen molar-refractivity contribution >= 4 is 11.8 Å². The summed E-state index contributed by atoms with van der Waals surface area (Å²) in [6.07, 6.45) is 3.24. The van der Waals surface area contributed by atoms with Gasteiger partial charge in [-0.25, -0.2) is 0 Å². The summed E-state index contributed by atoms with van der Waals surface area (Å²) in [4.78, 5) is 31.0. The number of carbonyl (C=O) groups excluding carboxylic acids is 2. The fourth-order valence-corrected chi connectivity index (χ4v) is 5.81. The predicted molar refractivity (Wildman–Crippen MR) is 138 cm³/mol. The van der Waals surface area contributed by atoms with Crippen molar-refractivity contribution in [2.24, 2.45) is 5.92 Å². The van der Waals surface area contributed by atoms with Gasteiger partial charge in [-0.3, -0.25) is 14.5 Å². The number of rotatable bonds is 6. The number of fused-ring (bicyclic) bond motifs is 2. The summed E-state index contributed by atoms with van der Waals surface area (Å²) in [5, 5.41) is 10.9. The fourth-order valence-electron chi connectivity index (χ4n) is 5.81. The van der Waals surface area contributed by atoms with Crippen LogP contribution in [-0.2, 0) is 24.2 Å². The maximum absolute atomic E-state index is 13.5. The van der Waals surface area contributed by atoms with Crippen LogP contribution >= 0.6 is 0 Å². The molecule has 0 aliphatic carbocycles. The Labute approximate surface area is 213 Å². The van der Waals surface area contributed by atoms with E-state index >= 15 is 0 Å². The van der Waals surface area contributed by atoms with Crippen molar-refractivity contribution in [2.45, 2.75) is 45.3 Å². The number of carbonyl (C=O) groups is 2. The van der Waals surface area contributed by atoms with Crippen LogP contribution in [0.25, 0.3) is 0 Å². The van der Waals surface area contributed by atoms with Gasteiger partial charge in [0.15, 0.2) is 0 Å². The number of hydrogen-bond acceptors (Lipinski definition) is 5. The molecule has 0 radical (unpaired) electrons. The summed E-state index contributed by atoms with van der Waals surface area (Å²) in [7, 11) is 0. The van der Waals surface area contributed by atoms with Gasteiger partial charge in [-0.2, -0.15) is 0 Å². The molecule has 192 valence electrons. The molecule has 0 spiro atoms. The summed E-state index contributed by atoms with van der Waals surface area (Å²) < 4.78 is 5.91. The summed E-state index contributed by atoms with van der Waals surface area (Å²) in [5.41, 5.74) is 4.43. The van der Waals surface area contributed by atoms with E-state index in [1.165, 1.54) is 11.1 Å². The van der Waals surface area contributed by atoms with Crippen molar-refractivity contribution in [2.75, 3.05) is 45.9 Å². The lowest BCUT2D eigenvalue weighted by atomic mass is 9.89. The van der Waals surface area contributed by atoms with E-state index in [0.29, 0.717) is 43.5 Å². The minimum atomic E-state index is -0.615. The van der Waals surface area contributed by atoms with E-state index in [-0.39, 0.29) is 11.8 Å². The number of β-amino-alcohol motifs (C(OH)–C–C–N with tert-alkyl or cyclic N) is 1. The third kappa shape index (κ3) is 5.73. The normalized spacial score (nSPS) is 19.8. The zero-order chi connectivity index (χ0) is 25.1. The van der Waals surface area contributed by atoms with Crippen LogP contribution in [0.5, 0.6) is 5.75 Å². The van der Waals surface area contributed by atoms with Gasteiger partial charge < -0.3 is 19.6 Å². The van der Waals surface area contributed by atoms with Gasteiger partial charge in [-0.1, -0.05) is 30.3 Å². The maximum atomic E-state index is 13.5. The number of nitrogens with zero attached hydrogens (tertiary/aromatic N) is 3. The Balaban J connectivity index is 1.19. The average molecular weight is 492 g/mol. The molecule has 3 aliphatic heterocycles. The first-order valence-corrected chi connectivity index (χ1v) is 13.2. The molecule has 7 heteroatoms. The Bertz CT molecular complexity index is 1100. The highest BCUT2D eigenvalue weighted by Gasteiger charge is 2.28. The van der Waals surface area contributed by atoms with E-state index in [9.17, 15) is 14.7 Å². The molecular weight excluding hydrogens is 454 g/mol. The first kappa shape index (κ1) is 24.8. The molecule has 2 aromatic carbocycles. The standard InChI is InChI=1S/C29H37N3O4/c1-21(33)31-12-8-22(9-13-31)16-23-6-7-28-27(17-23)29(35)32(14-15-36-28)20-26(34)19-30-11-10-24-4-2-3-5-25(24)18-30/h2-7,17,22,26,34H,8-16,18-20H2,1H3/t26-/m0/s1. The van der Waals surface area contributed by atoms with Crippen molar-refractivity contribution in [3.8, 4) is 5.75 Å². The second-order valence-corrected chi connectivity index (χ2v) is 10.5. The fraction of sp³-hybridized carbons (Fsp3) is 0.517. The minimum absolute atomic E-state index is 0.0706. The van der Waals surface area contributed by atoms with E-state index in [0.717, 1.165) is 57.4 Å². The second kappa shape index (κ2) is 11.0. The van der Waals surface area contributed by atoms with Crippen LogP contribution in [0.2, 0.25) is 0 Å². The molecule has 1 fully saturated rings.